The Bertz CT molecular complexity index is 521. The van der Waals surface area contributed by atoms with E-state index >= 15 is 0 Å². The van der Waals surface area contributed by atoms with Crippen molar-refractivity contribution in [3.8, 4) is 0 Å². The Morgan fingerprint density at radius 2 is 0.511 bits per heavy atom. The van der Waals surface area contributed by atoms with Crippen molar-refractivity contribution >= 4 is 17.9 Å². The normalized spacial score (nSPS) is 10.0. The summed E-state index contributed by atoms with van der Waals surface area (Å²) in [6.45, 7) is 10.1. The van der Waals surface area contributed by atoms with Gasteiger partial charge in [0, 0.05) is 24.0 Å². The zero-order valence-electron chi connectivity index (χ0n) is 31.7. The number of carboxylic acid groups (broad SMARTS) is 3. The molecular formula is C39H77O7Zr. The zero-order chi connectivity index (χ0) is 35.5. The van der Waals surface area contributed by atoms with E-state index in [9.17, 15) is 29.7 Å². The van der Waals surface area contributed by atoms with Crippen molar-refractivity contribution in [2.45, 2.75) is 233 Å². The molecule has 0 atom stereocenters. The largest absolute Gasteiger partial charge is 3.00 e. The Hall–Kier alpha value is -0.747. The molecule has 0 heterocycles. The molecule has 0 aromatic carbocycles. The molecule has 7 nitrogen and oxygen atoms in total. The fourth-order valence-corrected chi connectivity index (χ4v) is 4.74. The van der Waals surface area contributed by atoms with Crippen LogP contribution in [0.4, 0.5) is 0 Å². The maximum atomic E-state index is 10.1. The number of unbranched alkanes of at least 4 members (excludes halogenated alkanes) is 24. The van der Waals surface area contributed by atoms with Gasteiger partial charge in [0.15, 0.2) is 0 Å². The van der Waals surface area contributed by atoms with Crippen molar-refractivity contribution in [2.24, 2.45) is 0 Å². The van der Waals surface area contributed by atoms with Gasteiger partial charge in [0.2, 0.25) is 0 Å². The van der Waals surface area contributed by atoms with Crippen LogP contribution in [-0.4, -0.2) is 29.1 Å². The summed E-state index contributed by atoms with van der Waals surface area (Å²) < 4.78 is 0. The Balaban J connectivity index is -0.000000175. The minimum absolute atomic E-state index is 0. The average Bonchev–Trinajstić information content (AvgIpc) is 2.98. The van der Waals surface area contributed by atoms with Crippen LogP contribution >= 0.6 is 0 Å². The number of rotatable bonds is 30. The van der Waals surface area contributed by atoms with Gasteiger partial charge in [-0.3, -0.25) is 0 Å². The summed E-state index contributed by atoms with van der Waals surface area (Å²) in [5.41, 5.74) is 0. The molecular weight excluding hydrogens is 672 g/mol. The number of hydrogen-bond acceptors (Lipinski definition) is 7. The average molecular weight is 749 g/mol. The van der Waals surface area contributed by atoms with E-state index in [0.717, 1.165) is 38.5 Å². The van der Waals surface area contributed by atoms with Crippen LogP contribution < -0.4 is 15.3 Å². The van der Waals surface area contributed by atoms with E-state index in [2.05, 4.69) is 20.8 Å². The Labute approximate surface area is 311 Å². The number of carboxylic acids is 3. The van der Waals surface area contributed by atoms with Crippen LogP contribution in [0.1, 0.15) is 227 Å². The van der Waals surface area contributed by atoms with Gasteiger partial charge in [0.05, 0.1) is 0 Å². The molecule has 0 aromatic heterocycles. The minimum Gasteiger partial charge on any atom is -0.550 e. The van der Waals surface area contributed by atoms with E-state index in [1.807, 2.05) is 0 Å². The van der Waals surface area contributed by atoms with E-state index in [0.29, 0.717) is 0 Å². The molecule has 0 aliphatic heterocycles. The first-order valence-electron chi connectivity index (χ1n) is 19.3. The molecule has 279 valence electrons. The SMILES string of the molecule is CC(C)O.CCCCCCCCCCCC(=O)[O-].CCCCCCCCCCCC(=O)[O-].CCCCCCCCCCCC(=O)[O-].[Zr+3]. The molecule has 0 aliphatic carbocycles. The number of aliphatic hydroxyl groups is 1. The molecule has 0 aliphatic rings. The first kappa shape index (κ1) is 55.7. The van der Waals surface area contributed by atoms with E-state index < -0.39 is 17.9 Å². The predicted octanol–water partition coefficient (Wildman–Crippen LogP) is 8.36. The Morgan fingerprint density at radius 3 is 0.638 bits per heavy atom. The van der Waals surface area contributed by atoms with Crippen molar-refractivity contribution < 1.29 is 61.0 Å². The Morgan fingerprint density at radius 1 is 0.383 bits per heavy atom. The summed E-state index contributed by atoms with van der Waals surface area (Å²) in [4.78, 5) is 30.3. The summed E-state index contributed by atoms with van der Waals surface area (Å²) in [6.07, 6.45) is 33.3. The van der Waals surface area contributed by atoms with Crippen molar-refractivity contribution in [2.75, 3.05) is 0 Å². The molecule has 0 rings (SSSR count). The van der Waals surface area contributed by atoms with Crippen molar-refractivity contribution in [3.63, 3.8) is 0 Å². The summed E-state index contributed by atoms with van der Waals surface area (Å²) in [6, 6.07) is 0. The summed E-state index contributed by atoms with van der Waals surface area (Å²) in [5, 5.41) is 38.3. The van der Waals surface area contributed by atoms with Gasteiger partial charge >= 0.3 is 26.2 Å². The molecule has 0 unspecified atom stereocenters. The summed E-state index contributed by atoms with van der Waals surface area (Å²) in [5.74, 6) is -2.73. The zero-order valence-corrected chi connectivity index (χ0v) is 34.1. The topological polar surface area (TPSA) is 141 Å². The molecule has 1 radical (unpaired) electrons. The second-order valence-corrected chi connectivity index (χ2v) is 12.9. The van der Waals surface area contributed by atoms with Crippen LogP contribution in [0, 0.1) is 0 Å². The number of hydrogen-bond donors (Lipinski definition) is 1. The maximum Gasteiger partial charge on any atom is 3.00 e. The molecule has 0 fully saturated rings. The molecule has 0 saturated carbocycles. The van der Waals surface area contributed by atoms with Gasteiger partial charge in [-0.2, -0.15) is 0 Å². The number of aliphatic hydroxyl groups excluding tert-OH is 1. The standard InChI is InChI=1S/3C12H24O2.C3H8O.Zr/c3*1-2-3-4-5-6-7-8-9-10-11-12(13)14;1-3(2)4;/h3*2-11H2,1H3,(H,13,14);3-4H,1-2H3;/q;;;;+3/p-3. The van der Waals surface area contributed by atoms with Gasteiger partial charge in [-0.15, -0.1) is 0 Å². The van der Waals surface area contributed by atoms with E-state index in [4.69, 9.17) is 5.11 Å². The van der Waals surface area contributed by atoms with Crippen molar-refractivity contribution in [1.29, 1.82) is 0 Å². The number of aliphatic carboxylic acids is 3. The van der Waals surface area contributed by atoms with E-state index in [1.165, 1.54) is 135 Å². The molecule has 0 bridgehead atoms. The number of carbonyl (C=O) groups is 3. The number of carbonyl (C=O) groups excluding carboxylic acids is 3. The van der Waals surface area contributed by atoms with Gasteiger partial charge in [0.25, 0.3) is 0 Å². The Kier molecular flexibility index (Phi) is 61.7. The molecule has 0 saturated heterocycles. The van der Waals surface area contributed by atoms with E-state index in [1.54, 1.807) is 13.8 Å². The van der Waals surface area contributed by atoms with Crippen LogP contribution in [0.2, 0.25) is 0 Å². The molecule has 47 heavy (non-hydrogen) atoms. The fraction of sp³-hybridized carbons (Fsp3) is 0.923. The molecule has 0 amide bonds. The summed E-state index contributed by atoms with van der Waals surface area (Å²) >= 11 is 0. The second-order valence-electron chi connectivity index (χ2n) is 12.9. The molecule has 8 heteroatoms. The summed E-state index contributed by atoms with van der Waals surface area (Å²) in [7, 11) is 0. The first-order valence-corrected chi connectivity index (χ1v) is 19.3. The quantitative estimate of drug-likeness (QED) is 0.0728. The van der Waals surface area contributed by atoms with Crippen LogP contribution in [0.25, 0.3) is 0 Å². The third-order valence-corrected chi connectivity index (χ3v) is 7.45. The van der Waals surface area contributed by atoms with Crippen LogP contribution in [0.15, 0.2) is 0 Å². The van der Waals surface area contributed by atoms with Crippen molar-refractivity contribution in [1.82, 2.24) is 0 Å². The second kappa shape index (κ2) is 52.1. The monoisotopic (exact) mass is 747 g/mol. The molecule has 0 aromatic rings. The third-order valence-electron chi connectivity index (χ3n) is 7.45. The van der Waals surface area contributed by atoms with Gasteiger partial charge in [0.1, 0.15) is 0 Å². The van der Waals surface area contributed by atoms with E-state index in [-0.39, 0.29) is 51.6 Å². The minimum atomic E-state index is -0.909. The third kappa shape index (κ3) is 81.4. The van der Waals surface area contributed by atoms with Crippen LogP contribution in [-0.2, 0) is 40.6 Å². The molecule has 1 N–H and O–H groups in total. The van der Waals surface area contributed by atoms with Crippen LogP contribution in [0.3, 0.4) is 0 Å². The van der Waals surface area contributed by atoms with Gasteiger partial charge in [-0.1, -0.05) is 175 Å². The van der Waals surface area contributed by atoms with Crippen LogP contribution in [0.5, 0.6) is 0 Å². The van der Waals surface area contributed by atoms with Gasteiger partial charge in [-0.05, 0) is 52.4 Å². The van der Waals surface area contributed by atoms with Crippen molar-refractivity contribution in [3.05, 3.63) is 0 Å². The fourth-order valence-electron chi connectivity index (χ4n) is 4.74. The van der Waals surface area contributed by atoms with Gasteiger partial charge in [-0.25, -0.2) is 0 Å². The predicted molar refractivity (Wildman–Crippen MR) is 188 cm³/mol. The first-order chi connectivity index (χ1) is 22.0. The molecule has 0 spiro atoms. The van der Waals surface area contributed by atoms with Gasteiger partial charge < -0.3 is 34.8 Å². The maximum absolute atomic E-state index is 10.1. The smallest absolute Gasteiger partial charge is 0.550 e.